The highest BCUT2D eigenvalue weighted by Gasteiger charge is 2.66. The molecule has 3 aliphatic carbocycles. The summed E-state index contributed by atoms with van der Waals surface area (Å²) < 4.78 is 5.69. The third kappa shape index (κ3) is 3.60. The summed E-state index contributed by atoms with van der Waals surface area (Å²) >= 11 is 0. The fourth-order valence-corrected chi connectivity index (χ4v) is 6.58. The summed E-state index contributed by atoms with van der Waals surface area (Å²) in [6.07, 6.45) is 1.86. The number of nitrogens with one attached hydrogen (secondary N) is 1. The molecule has 2 amide bonds. The van der Waals surface area contributed by atoms with Crippen molar-refractivity contribution in [3.05, 3.63) is 59.7 Å². The van der Waals surface area contributed by atoms with Crippen molar-refractivity contribution in [2.24, 2.45) is 23.2 Å². The molecule has 1 heterocycles. The molecule has 0 bridgehead atoms. The zero-order valence-corrected chi connectivity index (χ0v) is 19.8. The normalized spacial score (nSPS) is 27.3. The van der Waals surface area contributed by atoms with E-state index in [-0.39, 0.29) is 35.8 Å². The number of carboxylic acid groups (broad SMARTS) is 1. The Kier molecular flexibility index (Phi) is 5.13. The van der Waals surface area contributed by atoms with Crippen LogP contribution in [0.3, 0.4) is 0 Å². The predicted octanol–water partition coefficient (Wildman–Crippen LogP) is 3.87. The summed E-state index contributed by atoms with van der Waals surface area (Å²) in [6.45, 7) is 3.02. The van der Waals surface area contributed by atoms with Crippen LogP contribution in [0, 0.1) is 23.2 Å². The van der Waals surface area contributed by atoms with Crippen LogP contribution in [0.5, 0.6) is 0 Å². The van der Waals surface area contributed by atoms with Gasteiger partial charge in [-0.3, -0.25) is 9.59 Å². The number of nitrogens with zero attached hydrogens (tertiary/aromatic N) is 1. The van der Waals surface area contributed by atoms with Crippen molar-refractivity contribution < 1.29 is 24.2 Å². The molecule has 3 fully saturated rings. The maximum atomic E-state index is 13.1. The van der Waals surface area contributed by atoms with E-state index in [9.17, 15) is 19.5 Å². The molecule has 4 atom stereocenters. The smallest absolute Gasteiger partial charge is 0.407 e. The second kappa shape index (κ2) is 8.11. The Morgan fingerprint density at radius 2 is 1.69 bits per heavy atom. The predicted molar refractivity (Wildman–Crippen MR) is 129 cm³/mol. The van der Waals surface area contributed by atoms with Gasteiger partial charge in [-0.1, -0.05) is 55.5 Å². The minimum Gasteiger partial charge on any atom is -0.481 e. The first-order valence-electron chi connectivity index (χ1n) is 12.5. The highest BCUT2D eigenvalue weighted by Crippen LogP contribution is 2.64. The number of carbonyl (C=O) groups is 3. The number of aliphatic carboxylic acids is 1. The van der Waals surface area contributed by atoms with Gasteiger partial charge in [0.25, 0.3) is 0 Å². The summed E-state index contributed by atoms with van der Waals surface area (Å²) in [5.41, 5.74) is 4.37. The first-order valence-corrected chi connectivity index (χ1v) is 12.5. The second-order valence-electron chi connectivity index (χ2n) is 10.8. The van der Waals surface area contributed by atoms with Crippen LogP contribution in [-0.2, 0) is 14.3 Å². The Morgan fingerprint density at radius 1 is 1.06 bits per heavy atom. The van der Waals surface area contributed by atoms with Crippen LogP contribution in [0.25, 0.3) is 11.1 Å². The van der Waals surface area contributed by atoms with Gasteiger partial charge in [0.1, 0.15) is 6.61 Å². The monoisotopic (exact) mass is 474 g/mol. The van der Waals surface area contributed by atoms with Gasteiger partial charge in [-0.2, -0.15) is 0 Å². The maximum absolute atomic E-state index is 13.1. The number of benzene rings is 2. The van der Waals surface area contributed by atoms with Crippen LogP contribution in [0.15, 0.2) is 48.5 Å². The Bertz CT molecular complexity index is 1160. The van der Waals surface area contributed by atoms with E-state index in [1.54, 1.807) is 11.8 Å². The first kappa shape index (κ1) is 22.1. The fraction of sp³-hybridized carbons (Fsp3) is 0.464. The van der Waals surface area contributed by atoms with Crippen molar-refractivity contribution >= 4 is 18.0 Å². The van der Waals surface area contributed by atoms with Gasteiger partial charge in [0.15, 0.2) is 0 Å². The summed E-state index contributed by atoms with van der Waals surface area (Å²) in [5, 5.41) is 12.2. The molecule has 6 rings (SSSR count). The van der Waals surface area contributed by atoms with E-state index in [0.717, 1.165) is 12.8 Å². The van der Waals surface area contributed by atoms with Gasteiger partial charge >= 0.3 is 12.1 Å². The molecule has 2 N–H and O–H groups in total. The molecular weight excluding hydrogens is 444 g/mol. The lowest BCUT2D eigenvalue weighted by atomic mass is 9.85. The van der Waals surface area contributed by atoms with Crippen molar-refractivity contribution in [1.29, 1.82) is 0 Å². The molecule has 0 aromatic heterocycles. The van der Waals surface area contributed by atoms with E-state index in [4.69, 9.17) is 4.74 Å². The van der Waals surface area contributed by atoms with Gasteiger partial charge in [0, 0.05) is 31.0 Å². The molecule has 2 aromatic carbocycles. The lowest BCUT2D eigenvalue weighted by Crippen LogP contribution is -2.55. The summed E-state index contributed by atoms with van der Waals surface area (Å²) in [4.78, 5) is 38.8. The molecular formula is C28H30N2O5. The molecule has 0 radical (unpaired) electrons. The molecule has 4 unspecified atom stereocenters. The second-order valence-corrected chi connectivity index (χ2v) is 10.8. The standard InChI is InChI=1S/C28H30N2O5/c1-16(25(31)32)17-13-30(14-17)26(33)28-11-18(28)10-19(12-28)29-27(34)35-15-24-22-8-4-2-6-20(22)21-7-3-5-9-23(21)24/h2-9,16-19,24H,10-15H2,1H3,(H,29,34)(H,31,32). The van der Waals surface area contributed by atoms with Crippen LogP contribution >= 0.6 is 0 Å². The molecule has 7 nitrogen and oxygen atoms in total. The SMILES string of the molecule is CC(C(=O)O)C1CN(C(=O)C23CC(NC(=O)OCC4c5ccccc5-c5ccccc54)CC2C3)C1. The number of alkyl carbamates (subject to hydrolysis) is 1. The number of hydrogen-bond donors (Lipinski definition) is 2. The number of rotatable bonds is 6. The molecule has 1 saturated heterocycles. The minimum atomic E-state index is -0.808. The first-order chi connectivity index (χ1) is 16.9. The average molecular weight is 475 g/mol. The topological polar surface area (TPSA) is 95.9 Å². The highest BCUT2D eigenvalue weighted by molar-refractivity contribution is 5.88. The Balaban J connectivity index is 1.03. The van der Waals surface area contributed by atoms with Crippen LogP contribution in [0.2, 0.25) is 0 Å². The third-order valence-electron chi connectivity index (χ3n) is 8.80. The van der Waals surface area contributed by atoms with Crippen molar-refractivity contribution in [3.8, 4) is 11.1 Å². The van der Waals surface area contributed by atoms with Gasteiger partial charge in [0.05, 0.1) is 11.3 Å². The molecule has 182 valence electrons. The van der Waals surface area contributed by atoms with E-state index in [1.807, 2.05) is 24.3 Å². The zero-order chi connectivity index (χ0) is 24.3. The zero-order valence-electron chi connectivity index (χ0n) is 19.8. The third-order valence-corrected chi connectivity index (χ3v) is 8.80. The van der Waals surface area contributed by atoms with E-state index in [2.05, 4.69) is 29.6 Å². The highest BCUT2D eigenvalue weighted by atomic mass is 16.5. The van der Waals surface area contributed by atoms with Crippen LogP contribution < -0.4 is 5.32 Å². The number of fused-ring (bicyclic) bond motifs is 4. The fourth-order valence-electron chi connectivity index (χ4n) is 6.58. The molecule has 4 aliphatic rings. The molecule has 1 aliphatic heterocycles. The number of ether oxygens (including phenoxy) is 1. The Hall–Kier alpha value is -3.35. The Labute approximate surface area is 204 Å². The quantitative estimate of drug-likeness (QED) is 0.663. The van der Waals surface area contributed by atoms with Gasteiger partial charge in [-0.15, -0.1) is 0 Å². The number of amides is 2. The van der Waals surface area contributed by atoms with Gasteiger partial charge < -0.3 is 20.1 Å². The number of likely N-dealkylation sites (tertiary alicyclic amines) is 1. The van der Waals surface area contributed by atoms with Crippen LogP contribution in [-0.4, -0.2) is 53.7 Å². The van der Waals surface area contributed by atoms with Crippen LogP contribution in [0.1, 0.15) is 43.2 Å². The van der Waals surface area contributed by atoms with Gasteiger partial charge in [0.2, 0.25) is 5.91 Å². The van der Waals surface area contributed by atoms with Crippen molar-refractivity contribution in [2.45, 2.75) is 38.1 Å². The molecule has 35 heavy (non-hydrogen) atoms. The molecule has 2 aromatic rings. The van der Waals surface area contributed by atoms with Crippen molar-refractivity contribution in [3.63, 3.8) is 0 Å². The van der Waals surface area contributed by atoms with Gasteiger partial charge in [-0.05, 0) is 47.4 Å². The van der Waals surface area contributed by atoms with Crippen molar-refractivity contribution in [2.75, 3.05) is 19.7 Å². The number of carboxylic acids is 1. The molecule has 2 saturated carbocycles. The van der Waals surface area contributed by atoms with E-state index < -0.39 is 18.0 Å². The summed E-state index contributed by atoms with van der Waals surface area (Å²) in [6, 6.07) is 16.4. The number of hydrogen-bond acceptors (Lipinski definition) is 4. The maximum Gasteiger partial charge on any atom is 0.407 e. The molecule has 0 spiro atoms. The molecule has 7 heteroatoms. The Morgan fingerprint density at radius 3 is 2.31 bits per heavy atom. The lowest BCUT2D eigenvalue weighted by molar-refractivity contribution is -0.153. The minimum absolute atomic E-state index is 0.0191. The van der Waals surface area contributed by atoms with Gasteiger partial charge in [-0.25, -0.2) is 4.79 Å². The number of carbonyl (C=O) groups excluding carboxylic acids is 2. The largest absolute Gasteiger partial charge is 0.481 e. The lowest BCUT2D eigenvalue weighted by Gasteiger charge is -2.43. The van der Waals surface area contributed by atoms with Crippen LogP contribution in [0.4, 0.5) is 4.79 Å². The average Bonchev–Trinajstić information content (AvgIpc) is 3.25. The van der Waals surface area contributed by atoms with Crippen molar-refractivity contribution in [1.82, 2.24) is 10.2 Å². The van der Waals surface area contributed by atoms with E-state index in [1.165, 1.54) is 22.3 Å². The summed E-state index contributed by atoms with van der Waals surface area (Å²) in [5.74, 6) is -0.763. The van der Waals surface area contributed by atoms with E-state index >= 15 is 0 Å². The van der Waals surface area contributed by atoms with E-state index in [0.29, 0.717) is 25.4 Å². The summed E-state index contributed by atoms with van der Waals surface area (Å²) in [7, 11) is 0.